The van der Waals surface area contributed by atoms with Crippen LogP contribution in [0.2, 0.25) is 0 Å². The van der Waals surface area contributed by atoms with Crippen molar-refractivity contribution in [3.63, 3.8) is 0 Å². The highest BCUT2D eigenvalue weighted by molar-refractivity contribution is 5.97. The third-order valence-corrected chi connectivity index (χ3v) is 3.38. The molecule has 1 N–H and O–H groups in total. The van der Waals surface area contributed by atoms with Gasteiger partial charge in [-0.05, 0) is 43.9 Å². The maximum Gasteiger partial charge on any atom is 0.255 e. The zero-order chi connectivity index (χ0) is 13.8. The largest absolute Gasteiger partial charge is 0.496 e. The topological polar surface area (TPSA) is 47.6 Å². The molecule has 1 aromatic carbocycles. The summed E-state index contributed by atoms with van der Waals surface area (Å²) in [5.41, 5.74) is 2.63. The van der Waals surface area contributed by atoms with Crippen molar-refractivity contribution in [3.8, 4) is 5.75 Å². The normalized spacial score (nSPS) is 18.4. The van der Waals surface area contributed by atoms with Crippen LogP contribution in [-0.2, 0) is 4.74 Å². The summed E-state index contributed by atoms with van der Waals surface area (Å²) in [7, 11) is 1.59. The van der Waals surface area contributed by atoms with Crippen LogP contribution in [0.4, 0.5) is 0 Å². The standard InChI is InChI=1S/C15H21NO3/c1-10-7-11(2)14(18-3)13(8-10)15(17)16-9-12-5-4-6-19-12/h7-8,12H,4-6,9H2,1-3H3,(H,16,17). The fourth-order valence-corrected chi connectivity index (χ4v) is 2.50. The molecule has 1 aliphatic rings. The minimum absolute atomic E-state index is 0.0980. The van der Waals surface area contributed by atoms with Crippen LogP contribution < -0.4 is 10.1 Å². The quantitative estimate of drug-likeness (QED) is 0.906. The van der Waals surface area contributed by atoms with Crippen molar-refractivity contribution in [1.29, 1.82) is 0 Å². The van der Waals surface area contributed by atoms with Crippen molar-refractivity contribution in [2.75, 3.05) is 20.3 Å². The van der Waals surface area contributed by atoms with E-state index < -0.39 is 0 Å². The van der Waals surface area contributed by atoms with Crippen LogP contribution in [0.15, 0.2) is 12.1 Å². The molecule has 1 atom stereocenters. The number of carbonyl (C=O) groups excluding carboxylic acids is 1. The molecule has 1 saturated heterocycles. The first-order valence-electron chi connectivity index (χ1n) is 6.67. The van der Waals surface area contributed by atoms with E-state index in [2.05, 4.69) is 5.32 Å². The van der Waals surface area contributed by atoms with Gasteiger partial charge in [0.2, 0.25) is 0 Å². The minimum Gasteiger partial charge on any atom is -0.496 e. The van der Waals surface area contributed by atoms with Crippen LogP contribution in [0.5, 0.6) is 5.75 Å². The summed E-state index contributed by atoms with van der Waals surface area (Å²) in [4.78, 5) is 12.2. The van der Waals surface area contributed by atoms with Gasteiger partial charge in [-0.2, -0.15) is 0 Å². The number of methoxy groups -OCH3 is 1. The molecule has 19 heavy (non-hydrogen) atoms. The van der Waals surface area contributed by atoms with E-state index in [1.807, 2.05) is 26.0 Å². The van der Waals surface area contributed by atoms with Gasteiger partial charge in [0, 0.05) is 13.2 Å². The number of benzene rings is 1. The first-order valence-corrected chi connectivity index (χ1v) is 6.67. The minimum atomic E-state index is -0.0980. The first-order chi connectivity index (χ1) is 9.11. The molecule has 1 heterocycles. The molecule has 1 aromatic rings. The molecule has 104 valence electrons. The zero-order valence-corrected chi connectivity index (χ0v) is 11.8. The average Bonchev–Trinajstić information content (AvgIpc) is 2.88. The molecule has 4 nitrogen and oxygen atoms in total. The first kappa shape index (κ1) is 13.9. The molecule has 2 rings (SSSR count). The Balaban J connectivity index is 2.09. The fraction of sp³-hybridized carbons (Fsp3) is 0.533. The van der Waals surface area contributed by atoms with Crippen molar-refractivity contribution in [1.82, 2.24) is 5.32 Å². The van der Waals surface area contributed by atoms with Crippen molar-refractivity contribution in [2.24, 2.45) is 0 Å². The molecule has 0 aromatic heterocycles. The molecule has 0 bridgehead atoms. The summed E-state index contributed by atoms with van der Waals surface area (Å²) in [6, 6.07) is 3.87. The maximum absolute atomic E-state index is 12.2. The zero-order valence-electron chi connectivity index (χ0n) is 11.8. The number of hydrogen-bond donors (Lipinski definition) is 1. The molecule has 1 unspecified atom stereocenters. The molecule has 0 saturated carbocycles. The predicted octanol–water partition coefficient (Wildman–Crippen LogP) is 2.22. The predicted molar refractivity (Wildman–Crippen MR) is 73.8 cm³/mol. The SMILES string of the molecule is COc1c(C)cc(C)cc1C(=O)NCC1CCCO1. The number of aryl methyl sites for hydroxylation is 2. The van der Waals surface area contributed by atoms with E-state index in [0.29, 0.717) is 17.9 Å². The molecule has 4 heteroatoms. The van der Waals surface area contributed by atoms with E-state index in [-0.39, 0.29) is 12.0 Å². The molecule has 1 fully saturated rings. The second-order valence-electron chi connectivity index (χ2n) is 5.01. The lowest BCUT2D eigenvalue weighted by atomic mass is 10.0. The number of rotatable bonds is 4. The number of ether oxygens (including phenoxy) is 2. The molecule has 0 spiro atoms. The van der Waals surface area contributed by atoms with Crippen LogP contribution in [0.25, 0.3) is 0 Å². The molecule has 1 aliphatic heterocycles. The number of hydrogen-bond acceptors (Lipinski definition) is 3. The lowest BCUT2D eigenvalue weighted by molar-refractivity contribution is 0.0855. The van der Waals surface area contributed by atoms with Crippen molar-refractivity contribution >= 4 is 5.91 Å². The summed E-state index contributed by atoms with van der Waals surface area (Å²) in [5, 5.41) is 2.93. The lowest BCUT2D eigenvalue weighted by Crippen LogP contribution is -2.32. The number of carbonyl (C=O) groups is 1. The molecule has 1 amide bonds. The van der Waals surface area contributed by atoms with Crippen LogP contribution in [0, 0.1) is 13.8 Å². The summed E-state index contributed by atoms with van der Waals surface area (Å²) >= 11 is 0. The van der Waals surface area contributed by atoms with Crippen LogP contribution in [-0.4, -0.2) is 32.3 Å². The van der Waals surface area contributed by atoms with Gasteiger partial charge in [-0.25, -0.2) is 0 Å². The average molecular weight is 263 g/mol. The van der Waals surface area contributed by atoms with Crippen LogP contribution in [0.3, 0.4) is 0 Å². The highest BCUT2D eigenvalue weighted by atomic mass is 16.5. The monoisotopic (exact) mass is 263 g/mol. The Labute approximate surface area is 114 Å². The van der Waals surface area contributed by atoms with Gasteiger partial charge >= 0.3 is 0 Å². The van der Waals surface area contributed by atoms with E-state index in [1.165, 1.54) is 0 Å². The Morgan fingerprint density at radius 3 is 2.89 bits per heavy atom. The Morgan fingerprint density at radius 2 is 2.26 bits per heavy atom. The summed E-state index contributed by atoms with van der Waals surface area (Å²) in [5.74, 6) is 0.551. The highest BCUT2D eigenvalue weighted by Crippen LogP contribution is 2.25. The second-order valence-corrected chi connectivity index (χ2v) is 5.01. The van der Waals surface area contributed by atoms with Crippen LogP contribution in [0.1, 0.15) is 34.3 Å². The smallest absolute Gasteiger partial charge is 0.255 e. The van der Waals surface area contributed by atoms with Gasteiger partial charge in [0.1, 0.15) is 5.75 Å². The Kier molecular flexibility index (Phi) is 4.43. The van der Waals surface area contributed by atoms with E-state index in [1.54, 1.807) is 7.11 Å². The van der Waals surface area contributed by atoms with Gasteiger partial charge in [0.15, 0.2) is 0 Å². The van der Waals surface area contributed by atoms with Gasteiger partial charge in [-0.1, -0.05) is 6.07 Å². The number of amides is 1. The van der Waals surface area contributed by atoms with Crippen molar-refractivity contribution in [3.05, 3.63) is 28.8 Å². The van der Waals surface area contributed by atoms with Gasteiger partial charge in [-0.3, -0.25) is 4.79 Å². The highest BCUT2D eigenvalue weighted by Gasteiger charge is 2.19. The maximum atomic E-state index is 12.2. The molecule has 0 radical (unpaired) electrons. The molecular formula is C15H21NO3. The molecule has 0 aliphatic carbocycles. The molecular weight excluding hydrogens is 242 g/mol. The Bertz CT molecular complexity index is 465. The van der Waals surface area contributed by atoms with Gasteiger partial charge < -0.3 is 14.8 Å². The Morgan fingerprint density at radius 1 is 1.47 bits per heavy atom. The number of nitrogens with one attached hydrogen (secondary N) is 1. The van der Waals surface area contributed by atoms with Gasteiger partial charge in [-0.15, -0.1) is 0 Å². The van der Waals surface area contributed by atoms with E-state index >= 15 is 0 Å². The van der Waals surface area contributed by atoms with E-state index in [4.69, 9.17) is 9.47 Å². The van der Waals surface area contributed by atoms with E-state index in [9.17, 15) is 4.79 Å². The van der Waals surface area contributed by atoms with Crippen LogP contribution >= 0.6 is 0 Å². The Hall–Kier alpha value is -1.55. The lowest BCUT2D eigenvalue weighted by Gasteiger charge is -2.14. The van der Waals surface area contributed by atoms with Crippen molar-refractivity contribution < 1.29 is 14.3 Å². The third-order valence-electron chi connectivity index (χ3n) is 3.38. The summed E-state index contributed by atoms with van der Waals surface area (Å²) in [6.07, 6.45) is 2.25. The van der Waals surface area contributed by atoms with Gasteiger partial charge in [0.25, 0.3) is 5.91 Å². The van der Waals surface area contributed by atoms with Crippen molar-refractivity contribution in [2.45, 2.75) is 32.8 Å². The van der Waals surface area contributed by atoms with Gasteiger partial charge in [0.05, 0.1) is 18.8 Å². The second kappa shape index (κ2) is 6.06. The fourth-order valence-electron chi connectivity index (χ4n) is 2.50. The summed E-state index contributed by atoms with van der Waals surface area (Å²) in [6.45, 7) is 5.29. The summed E-state index contributed by atoms with van der Waals surface area (Å²) < 4.78 is 10.8. The third kappa shape index (κ3) is 3.26. The van der Waals surface area contributed by atoms with E-state index in [0.717, 1.165) is 30.6 Å².